The molecule has 3 nitrogen and oxygen atoms in total. The number of rotatable bonds is 6. The van der Waals surface area contributed by atoms with Crippen LogP contribution in [0.1, 0.15) is 50.8 Å². The summed E-state index contributed by atoms with van der Waals surface area (Å²) in [5, 5.41) is 3.03. The van der Waals surface area contributed by atoms with Crippen molar-refractivity contribution in [2.45, 2.75) is 56.7 Å². The maximum atomic E-state index is 12.6. The molecule has 28 heavy (non-hydrogen) atoms. The second-order valence-electron chi connectivity index (χ2n) is 8.09. The molecule has 1 heterocycles. The van der Waals surface area contributed by atoms with Crippen LogP contribution in [0.2, 0.25) is 0 Å². The van der Waals surface area contributed by atoms with Gasteiger partial charge in [-0.05, 0) is 69.4 Å². The van der Waals surface area contributed by atoms with Gasteiger partial charge in [-0.25, -0.2) is 0 Å². The molecule has 0 bridgehead atoms. The smallest absolute Gasteiger partial charge is 0.233 e. The highest BCUT2D eigenvalue weighted by Crippen LogP contribution is 2.26. The average molecular weight is 397 g/mol. The number of anilines is 1. The lowest BCUT2D eigenvalue weighted by Crippen LogP contribution is -2.34. The highest BCUT2D eigenvalue weighted by Gasteiger charge is 2.19. The second kappa shape index (κ2) is 9.51. The molecule has 0 aromatic heterocycles. The number of piperidine rings is 1. The van der Waals surface area contributed by atoms with Crippen LogP contribution >= 0.6 is 11.8 Å². The van der Waals surface area contributed by atoms with Crippen LogP contribution in [0.5, 0.6) is 0 Å². The minimum Gasteiger partial charge on any atom is -0.371 e. The normalized spacial score (nSPS) is 19.1. The lowest BCUT2D eigenvalue weighted by molar-refractivity contribution is -0.120. The van der Waals surface area contributed by atoms with Crippen LogP contribution in [-0.2, 0) is 4.79 Å². The van der Waals surface area contributed by atoms with E-state index in [1.807, 2.05) is 6.92 Å². The van der Waals surface area contributed by atoms with E-state index in [2.05, 4.69) is 79.5 Å². The van der Waals surface area contributed by atoms with E-state index < -0.39 is 0 Å². The van der Waals surface area contributed by atoms with Crippen molar-refractivity contribution in [3.63, 3.8) is 0 Å². The van der Waals surface area contributed by atoms with Crippen LogP contribution < -0.4 is 10.2 Å². The van der Waals surface area contributed by atoms with Gasteiger partial charge in [0, 0.05) is 23.7 Å². The number of carbonyl (C=O) groups excluding carboxylic acids is 1. The number of hydrogen-bond donors (Lipinski definition) is 1. The Morgan fingerprint density at radius 3 is 2.43 bits per heavy atom. The van der Waals surface area contributed by atoms with E-state index >= 15 is 0 Å². The summed E-state index contributed by atoms with van der Waals surface area (Å²) in [7, 11) is 0. The molecule has 1 aliphatic heterocycles. The van der Waals surface area contributed by atoms with Crippen molar-refractivity contribution in [1.29, 1.82) is 0 Å². The van der Waals surface area contributed by atoms with Crippen molar-refractivity contribution in [1.82, 2.24) is 5.32 Å². The number of carbonyl (C=O) groups is 1. The highest BCUT2D eigenvalue weighted by atomic mass is 32.2. The van der Waals surface area contributed by atoms with Crippen molar-refractivity contribution in [2.75, 3.05) is 18.0 Å². The molecule has 0 saturated carbocycles. The summed E-state index contributed by atoms with van der Waals surface area (Å²) in [5.74, 6) is 0.839. The van der Waals surface area contributed by atoms with Gasteiger partial charge in [0.25, 0.3) is 0 Å². The molecule has 3 rings (SSSR count). The van der Waals surface area contributed by atoms with Gasteiger partial charge in [-0.3, -0.25) is 4.79 Å². The average Bonchev–Trinajstić information content (AvgIpc) is 2.69. The minimum absolute atomic E-state index is 0.00268. The van der Waals surface area contributed by atoms with Gasteiger partial charge in [0.05, 0.1) is 11.3 Å². The Hall–Kier alpha value is -1.94. The SMILES string of the molecule is Cc1ccc(S[C@H](C)C(=O)N[C@H](C)c2ccc(N3CCC[C@@H](C)C3)cc2)cc1. The fourth-order valence-corrected chi connectivity index (χ4v) is 4.56. The number of nitrogens with one attached hydrogen (secondary N) is 1. The predicted molar refractivity (Wildman–Crippen MR) is 120 cm³/mol. The molecule has 3 atom stereocenters. The van der Waals surface area contributed by atoms with Crippen molar-refractivity contribution in [3.05, 3.63) is 59.7 Å². The van der Waals surface area contributed by atoms with Gasteiger partial charge in [0.1, 0.15) is 0 Å². The van der Waals surface area contributed by atoms with Gasteiger partial charge < -0.3 is 10.2 Å². The summed E-state index contributed by atoms with van der Waals surface area (Å²) >= 11 is 1.60. The molecule has 0 aliphatic carbocycles. The number of aryl methyl sites for hydroxylation is 1. The molecule has 0 unspecified atom stereocenters. The molecule has 2 aromatic carbocycles. The molecule has 1 N–H and O–H groups in total. The number of thioether (sulfide) groups is 1. The van der Waals surface area contributed by atoms with Crippen LogP contribution in [0, 0.1) is 12.8 Å². The zero-order valence-electron chi connectivity index (χ0n) is 17.4. The second-order valence-corrected chi connectivity index (χ2v) is 9.50. The first-order valence-electron chi connectivity index (χ1n) is 10.3. The molecular formula is C24H32N2OS. The summed E-state index contributed by atoms with van der Waals surface area (Å²) in [6.07, 6.45) is 2.60. The Morgan fingerprint density at radius 2 is 1.79 bits per heavy atom. The van der Waals surface area contributed by atoms with Gasteiger partial charge in [-0.2, -0.15) is 0 Å². The molecule has 1 fully saturated rings. The van der Waals surface area contributed by atoms with Gasteiger partial charge in [0.15, 0.2) is 0 Å². The maximum Gasteiger partial charge on any atom is 0.233 e. The molecule has 0 spiro atoms. The lowest BCUT2D eigenvalue weighted by atomic mass is 9.99. The molecule has 1 aliphatic rings. The van der Waals surface area contributed by atoms with Crippen LogP contribution in [-0.4, -0.2) is 24.2 Å². The fraction of sp³-hybridized carbons (Fsp3) is 0.458. The van der Waals surface area contributed by atoms with E-state index in [9.17, 15) is 4.79 Å². The minimum atomic E-state index is -0.126. The first kappa shape index (κ1) is 20.8. The van der Waals surface area contributed by atoms with Gasteiger partial charge >= 0.3 is 0 Å². The summed E-state index contributed by atoms with van der Waals surface area (Å²) in [6.45, 7) is 10.7. The third-order valence-electron chi connectivity index (χ3n) is 5.48. The first-order chi connectivity index (χ1) is 13.4. The van der Waals surface area contributed by atoms with Crippen molar-refractivity contribution < 1.29 is 4.79 Å². The summed E-state index contributed by atoms with van der Waals surface area (Å²) < 4.78 is 0. The third-order valence-corrected chi connectivity index (χ3v) is 6.59. The topological polar surface area (TPSA) is 32.3 Å². The zero-order chi connectivity index (χ0) is 20.1. The van der Waals surface area contributed by atoms with Crippen LogP contribution in [0.25, 0.3) is 0 Å². The number of hydrogen-bond acceptors (Lipinski definition) is 3. The maximum absolute atomic E-state index is 12.6. The van der Waals surface area contributed by atoms with Gasteiger partial charge in [-0.1, -0.05) is 36.8 Å². The standard InChI is InChI=1S/C24H32N2OS/c1-17-7-13-23(14-8-17)28-20(4)24(27)25-19(3)21-9-11-22(12-10-21)26-15-5-6-18(2)16-26/h7-14,18-20H,5-6,15-16H2,1-4H3,(H,25,27)/t18-,19-,20-/m1/s1. The zero-order valence-corrected chi connectivity index (χ0v) is 18.3. The van der Waals surface area contributed by atoms with E-state index in [4.69, 9.17) is 0 Å². The Kier molecular flexibility index (Phi) is 7.06. The number of nitrogens with zero attached hydrogens (tertiary/aromatic N) is 1. The Bertz CT molecular complexity index is 772. The molecule has 1 saturated heterocycles. The van der Waals surface area contributed by atoms with E-state index in [1.165, 1.54) is 24.1 Å². The first-order valence-corrected chi connectivity index (χ1v) is 11.2. The molecule has 150 valence electrons. The lowest BCUT2D eigenvalue weighted by Gasteiger charge is -2.33. The highest BCUT2D eigenvalue weighted by molar-refractivity contribution is 8.00. The number of benzene rings is 2. The number of amides is 1. The van der Waals surface area contributed by atoms with E-state index in [0.717, 1.165) is 29.5 Å². The van der Waals surface area contributed by atoms with Crippen LogP contribution in [0.15, 0.2) is 53.4 Å². The van der Waals surface area contributed by atoms with Gasteiger partial charge in [-0.15, -0.1) is 11.8 Å². The Balaban J connectivity index is 1.55. The molecule has 1 amide bonds. The van der Waals surface area contributed by atoms with Crippen molar-refractivity contribution in [2.24, 2.45) is 5.92 Å². The summed E-state index contributed by atoms with van der Waals surface area (Å²) in [4.78, 5) is 16.2. The Labute approximate surface area is 173 Å². The Morgan fingerprint density at radius 1 is 1.11 bits per heavy atom. The molecule has 2 aromatic rings. The van der Waals surface area contributed by atoms with Crippen molar-refractivity contribution in [3.8, 4) is 0 Å². The fourth-order valence-electron chi connectivity index (χ4n) is 3.69. The largest absolute Gasteiger partial charge is 0.371 e. The third kappa shape index (κ3) is 5.54. The van der Waals surface area contributed by atoms with E-state index in [0.29, 0.717) is 0 Å². The van der Waals surface area contributed by atoms with Crippen LogP contribution in [0.3, 0.4) is 0 Å². The van der Waals surface area contributed by atoms with Crippen molar-refractivity contribution >= 4 is 23.4 Å². The van der Waals surface area contributed by atoms with Gasteiger partial charge in [0.2, 0.25) is 5.91 Å². The monoisotopic (exact) mass is 396 g/mol. The molecular weight excluding hydrogens is 364 g/mol. The predicted octanol–water partition coefficient (Wildman–Crippen LogP) is 5.59. The summed E-state index contributed by atoms with van der Waals surface area (Å²) in [6, 6.07) is 17.0. The molecule has 0 radical (unpaired) electrons. The molecule has 4 heteroatoms. The van der Waals surface area contributed by atoms with Crippen LogP contribution in [0.4, 0.5) is 5.69 Å². The van der Waals surface area contributed by atoms with E-state index in [-0.39, 0.29) is 17.2 Å². The summed E-state index contributed by atoms with van der Waals surface area (Å²) in [5.41, 5.74) is 3.67. The quantitative estimate of drug-likeness (QED) is 0.646. The van der Waals surface area contributed by atoms with E-state index in [1.54, 1.807) is 11.8 Å².